The van der Waals surface area contributed by atoms with E-state index in [1.165, 1.54) is 7.11 Å². The van der Waals surface area contributed by atoms with Gasteiger partial charge in [-0.3, -0.25) is 4.79 Å². The highest BCUT2D eigenvalue weighted by Gasteiger charge is 2.14. The molecule has 144 valence electrons. The molecule has 0 aliphatic carbocycles. The maximum Gasteiger partial charge on any atom is 0.315 e. The highest BCUT2D eigenvalue weighted by Crippen LogP contribution is 2.13. The maximum atomic E-state index is 11.8. The summed E-state index contributed by atoms with van der Waals surface area (Å²) in [6.07, 6.45) is 3.63. The fraction of sp³-hybridized carbons (Fsp3) is 0.611. The summed E-state index contributed by atoms with van der Waals surface area (Å²) in [4.78, 5) is 31.8. The number of unbranched alkanes of at least 4 members (excludes halogenated alkanes) is 1. The van der Waals surface area contributed by atoms with Crippen molar-refractivity contribution >= 4 is 17.8 Å². The number of carbonyl (C=O) groups is 2. The second kappa shape index (κ2) is 10.6. The van der Waals surface area contributed by atoms with Gasteiger partial charge in [-0.2, -0.15) is 0 Å². The fourth-order valence-corrected chi connectivity index (χ4v) is 2.69. The quantitative estimate of drug-likeness (QED) is 0.529. The molecule has 1 aliphatic heterocycles. The van der Waals surface area contributed by atoms with E-state index in [0.29, 0.717) is 25.9 Å². The van der Waals surface area contributed by atoms with E-state index < -0.39 is 0 Å². The average molecular weight is 363 g/mol. The Kier molecular flexibility index (Phi) is 8.14. The SMILES string of the molecule is COC(=O)CCCCNC(=O)NCc1ccc(N2CCN(C)CC2)nc1. The predicted octanol–water partition coefficient (Wildman–Crippen LogP) is 0.976. The summed E-state index contributed by atoms with van der Waals surface area (Å²) < 4.78 is 4.57. The van der Waals surface area contributed by atoms with E-state index in [1.807, 2.05) is 18.3 Å². The lowest BCUT2D eigenvalue weighted by molar-refractivity contribution is -0.140. The number of hydrogen-bond donors (Lipinski definition) is 2. The summed E-state index contributed by atoms with van der Waals surface area (Å²) in [6.45, 7) is 5.03. The first-order chi connectivity index (χ1) is 12.6. The van der Waals surface area contributed by atoms with Crippen LogP contribution in [0.15, 0.2) is 18.3 Å². The van der Waals surface area contributed by atoms with Crippen LogP contribution in [-0.4, -0.2) is 68.8 Å². The molecule has 0 aromatic carbocycles. The van der Waals surface area contributed by atoms with Crippen molar-refractivity contribution in [3.05, 3.63) is 23.9 Å². The molecule has 1 fully saturated rings. The summed E-state index contributed by atoms with van der Waals surface area (Å²) in [5.74, 6) is 0.763. The number of hydrogen-bond acceptors (Lipinski definition) is 6. The lowest BCUT2D eigenvalue weighted by Crippen LogP contribution is -2.44. The Bertz CT molecular complexity index is 571. The molecule has 0 unspecified atom stereocenters. The number of anilines is 1. The van der Waals surface area contributed by atoms with Crippen LogP contribution in [-0.2, 0) is 16.1 Å². The first-order valence-corrected chi connectivity index (χ1v) is 9.05. The highest BCUT2D eigenvalue weighted by atomic mass is 16.5. The minimum absolute atomic E-state index is 0.216. The highest BCUT2D eigenvalue weighted by molar-refractivity contribution is 5.73. The molecule has 0 radical (unpaired) electrons. The molecule has 8 nitrogen and oxygen atoms in total. The molecular weight excluding hydrogens is 334 g/mol. The van der Waals surface area contributed by atoms with Crippen LogP contribution in [0.5, 0.6) is 0 Å². The van der Waals surface area contributed by atoms with Gasteiger partial charge in [-0.1, -0.05) is 6.07 Å². The van der Waals surface area contributed by atoms with E-state index in [4.69, 9.17) is 0 Å². The number of urea groups is 1. The van der Waals surface area contributed by atoms with Crippen LogP contribution in [0.25, 0.3) is 0 Å². The van der Waals surface area contributed by atoms with Crippen LogP contribution in [0, 0.1) is 0 Å². The molecule has 0 atom stereocenters. The van der Waals surface area contributed by atoms with Gasteiger partial charge >= 0.3 is 12.0 Å². The molecule has 0 spiro atoms. The first kappa shape index (κ1) is 20.0. The van der Waals surface area contributed by atoms with Crippen molar-refractivity contribution in [2.45, 2.75) is 25.8 Å². The number of ether oxygens (including phenoxy) is 1. The number of rotatable bonds is 8. The summed E-state index contributed by atoms with van der Waals surface area (Å²) in [6, 6.07) is 3.79. The van der Waals surface area contributed by atoms with E-state index >= 15 is 0 Å². The monoisotopic (exact) mass is 363 g/mol. The molecule has 0 saturated carbocycles. The van der Waals surface area contributed by atoms with E-state index in [1.54, 1.807) is 0 Å². The number of likely N-dealkylation sites (N-methyl/N-ethyl adjacent to an activating group) is 1. The molecule has 2 heterocycles. The van der Waals surface area contributed by atoms with Crippen molar-refractivity contribution in [1.29, 1.82) is 0 Å². The van der Waals surface area contributed by atoms with Crippen LogP contribution < -0.4 is 15.5 Å². The Morgan fingerprint density at radius 3 is 2.58 bits per heavy atom. The third-order valence-corrected chi connectivity index (χ3v) is 4.41. The summed E-state index contributed by atoms with van der Waals surface area (Å²) in [5.41, 5.74) is 0.962. The van der Waals surface area contributed by atoms with Gasteiger partial charge in [0.1, 0.15) is 5.82 Å². The zero-order valence-corrected chi connectivity index (χ0v) is 15.7. The molecule has 26 heavy (non-hydrogen) atoms. The topological polar surface area (TPSA) is 86.8 Å². The van der Waals surface area contributed by atoms with Crippen LogP contribution in [0.2, 0.25) is 0 Å². The zero-order valence-electron chi connectivity index (χ0n) is 15.7. The van der Waals surface area contributed by atoms with Gasteiger partial charge in [0.05, 0.1) is 7.11 Å². The molecule has 1 aliphatic rings. The predicted molar refractivity (Wildman–Crippen MR) is 100 cm³/mol. The Hall–Kier alpha value is -2.35. The molecular formula is C18H29N5O3. The van der Waals surface area contributed by atoms with Crippen molar-refractivity contribution < 1.29 is 14.3 Å². The van der Waals surface area contributed by atoms with Gasteiger partial charge in [0.15, 0.2) is 0 Å². The van der Waals surface area contributed by atoms with Gasteiger partial charge < -0.3 is 25.2 Å². The zero-order chi connectivity index (χ0) is 18.8. The summed E-state index contributed by atoms with van der Waals surface area (Å²) >= 11 is 0. The Balaban J connectivity index is 1.63. The average Bonchev–Trinajstić information content (AvgIpc) is 2.67. The number of amides is 2. The van der Waals surface area contributed by atoms with Crippen molar-refractivity contribution in [3.63, 3.8) is 0 Å². The number of nitrogens with one attached hydrogen (secondary N) is 2. The van der Waals surface area contributed by atoms with Crippen LogP contribution >= 0.6 is 0 Å². The number of pyridine rings is 1. The van der Waals surface area contributed by atoms with Crippen molar-refractivity contribution in [2.75, 3.05) is 51.8 Å². The van der Waals surface area contributed by atoms with Crippen molar-refractivity contribution in [1.82, 2.24) is 20.5 Å². The van der Waals surface area contributed by atoms with E-state index in [0.717, 1.165) is 44.0 Å². The number of esters is 1. The minimum Gasteiger partial charge on any atom is -0.469 e. The lowest BCUT2D eigenvalue weighted by Gasteiger charge is -2.33. The van der Waals surface area contributed by atoms with Crippen molar-refractivity contribution in [3.8, 4) is 0 Å². The van der Waals surface area contributed by atoms with E-state index in [-0.39, 0.29) is 12.0 Å². The van der Waals surface area contributed by atoms with E-state index in [9.17, 15) is 9.59 Å². The van der Waals surface area contributed by atoms with Gasteiger partial charge in [-0.15, -0.1) is 0 Å². The Morgan fingerprint density at radius 2 is 1.92 bits per heavy atom. The standard InChI is InChI=1S/C18H29N5O3/c1-22-9-11-23(12-10-22)16-7-6-15(13-20-16)14-21-18(25)19-8-4-3-5-17(24)26-2/h6-7,13H,3-5,8-12,14H2,1-2H3,(H2,19,21,25). The molecule has 1 aromatic heterocycles. The van der Waals surface area contributed by atoms with Gasteiger partial charge in [0, 0.05) is 51.9 Å². The first-order valence-electron chi connectivity index (χ1n) is 9.05. The normalized spacial score (nSPS) is 14.8. The second-order valence-electron chi connectivity index (χ2n) is 6.46. The third-order valence-electron chi connectivity index (χ3n) is 4.41. The molecule has 1 saturated heterocycles. The van der Waals surface area contributed by atoms with Crippen LogP contribution in [0.1, 0.15) is 24.8 Å². The Morgan fingerprint density at radius 1 is 1.15 bits per heavy atom. The van der Waals surface area contributed by atoms with Gasteiger partial charge in [-0.25, -0.2) is 9.78 Å². The Labute approximate surface area is 154 Å². The third kappa shape index (κ3) is 6.87. The minimum atomic E-state index is -0.220. The van der Waals surface area contributed by atoms with E-state index in [2.05, 4.69) is 37.2 Å². The van der Waals surface area contributed by atoms with Crippen LogP contribution in [0.4, 0.5) is 10.6 Å². The number of aromatic nitrogens is 1. The largest absolute Gasteiger partial charge is 0.469 e. The smallest absolute Gasteiger partial charge is 0.315 e. The number of carbonyl (C=O) groups excluding carboxylic acids is 2. The second-order valence-corrected chi connectivity index (χ2v) is 6.46. The lowest BCUT2D eigenvalue weighted by atomic mass is 10.2. The number of piperazine rings is 1. The van der Waals surface area contributed by atoms with Gasteiger partial charge in [0.2, 0.25) is 0 Å². The fourth-order valence-electron chi connectivity index (χ4n) is 2.69. The van der Waals surface area contributed by atoms with Gasteiger partial charge in [-0.05, 0) is 31.5 Å². The van der Waals surface area contributed by atoms with Crippen molar-refractivity contribution in [2.24, 2.45) is 0 Å². The summed E-state index contributed by atoms with van der Waals surface area (Å²) in [5, 5.41) is 5.59. The molecule has 0 bridgehead atoms. The molecule has 1 aromatic rings. The summed E-state index contributed by atoms with van der Waals surface area (Å²) in [7, 11) is 3.50. The molecule has 2 rings (SSSR count). The number of nitrogens with zero attached hydrogens (tertiary/aromatic N) is 3. The van der Waals surface area contributed by atoms with Crippen LogP contribution in [0.3, 0.4) is 0 Å². The molecule has 8 heteroatoms. The number of methoxy groups -OCH3 is 1. The van der Waals surface area contributed by atoms with Gasteiger partial charge in [0.25, 0.3) is 0 Å². The molecule has 2 N–H and O–H groups in total. The molecule has 2 amide bonds. The maximum absolute atomic E-state index is 11.8.